The van der Waals surface area contributed by atoms with Crippen molar-refractivity contribution in [3.63, 3.8) is 0 Å². The highest BCUT2D eigenvalue weighted by Crippen LogP contribution is 2.32. The van der Waals surface area contributed by atoms with Gasteiger partial charge in [0.15, 0.2) is 0 Å². The summed E-state index contributed by atoms with van der Waals surface area (Å²) in [6, 6.07) is 15.0. The van der Waals surface area contributed by atoms with Crippen LogP contribution in [0.25, 0.3) is 22.1 Å². The van der Waals surface area contributed by atoms with Gasteiger partial charge in [-0.2, -0.15) is 0 Å². The Morgan fingerprint density at radius 2 is 1.96 bits per heavy atom. The van der Waals surface area contributed by atoms with E-state index in [1.807, 2.05) is 30.3 Å². The normalized spacial score (nSPS) is 20.3. The van der Waals surface area contributed by atoms with E-state index in [0.29, 0.717) is 17.2 Å². The topological polar surface area (TPSA) is 57.7 Å². The molecule has 0 amide bonds. The number of piperidine rings is 1. The number of nitrogens with one attached hydrogen (secondary N) is 1. The molecule has 134 valence electrons. The molecule has 0 spiro atoms. The minimum Gasteiger partial charge on any atom is -0.872 e. The van der Waals surface area contributed by atoms with Crippen molar-refractivity contribution in [2.75, 3.05) is 6.54 Å². The fourth-order valence-corrected chi connectivity index (χ4v) is 4.00. The van der Waals surface area contributed by atoms with Gasteiger partial charge in [-0.05, 0) is 43.4 Å². The molecule has 4 heteroatoms. The van der Waals surface area contributed by atoms with E-state index in [2.05, 4.69) is 6.92 Å². The van der Waals surface area contributed by atoms with E-state index in [-0.39, 0.29) is 11.4 Å². The molecule has 0 saturated carbocycles. The zero-order chi connectivity index (χ0) is 18.1. The summed E-state index contributed by atoms with van der Waals surface area (Å²) in [5.74, 6) is -0.0412. The largest absolute Gasteiger partial charge is 0.872 e. The highest BCUT2D eigenvalue weighted by atomic mass is 16.4. The molecule has 2 aromatic carbocycles. The lowest BCUT2D eigenvalue weighted by Gasteiger charge is -2.30. The van der Waals surface area contributed by atoms with Crippen molar-refractivity contribution in [1.82, 2.24) is 0 Å². The van der Waals surface area contributed by atoms with Crippen molar-refractivity contribution in [2.45, 2.75) is 38.8 Å². The first-order valence-electron chi connectivity index (χ1n) is 9.29. The number of quaternary nitrogens is 1. The summed E-state index contributed by atoms with van der Waals surface area (Å²) >= 11 is 0. The molecule has 1 aliphatic heterocycles. The van der Waals surface area contributed by atoms with E-state index in [1.165, 1.54) is 24.2 Å². The third kappa shape index (κ3) is 3.25. The number of hydrogen-bond acceptors (Lipinski definition) is 3. The van der Waals surface area contributed by atoms with Crippen molar-refractivity contribution in [3.8, 4) is 16.9 Å². The van der Waals surface area contributed by atoms with Crippen molar-refractivity contribution >= 4 is 11.0 Å². The molecular weight excluding hydrogens is 326 g/mol. The SMILES string of the molecule is CC1CCCC[NH+]1Cc1cc(=O)oc2cc(-c3ccccc3)c([O-])cc12. The standard InChI is InChI=1S/C22H23NO3/c1-15-7-5-6-10-23(15)14-17-11-22(25)26-21-13-18(20(24)12-19(17)21)16-8-3-2-4-9-16/h2-4,8-9,11-13,15,24H,5-7,10,14H2,1H3. The number of likely N-dealkylation sites (tertiary alicyclic amines) is 1. The van der Waals surface area contributed by atoms with Gasteiger partial charge in [-0.1, -0.05) is 36.4 Å². The summed E-state index contributed by atoms with van der Waals surface area (Å²) < 4.78 is 5.43. The smallest absolute Gasteiger partial charge is 0.336 e. The van der Waals surface area contributed by atoms with Crippen LogP contribution in [0.4, 0.5) is 0 Å². The van der Waals surface area contributed by atoms with Gasteiger partial charge in [-0.25, -0.2) is 4.79 Å². The van der Waals surface area contributed by atoms with Crippen LogP contribution >= 0.6 is 0 Å². The second-order valence-corrected chi connectivity index (χ2v) is 7.28. The van der Waals surface area contributed by atoms with E-state index >= 15 is 0 Å². The summed E-state index contributed by atoms with van der Waals surface area (Å²) in [5, 5.41) is 13.5. The molecule has 2 unspecified atom stereocenters. The molecule has 1 saturated heterocycles. The van der Waals surface area contributed by atoms with Crippen LogP contribution in [0.5, 0.6) is 5.75 Å². The van der Waals surface area contributed by atoms with Crippen LogP contribution in [0.15, 0.2) is 57.7 Å². The minimum atomic E-state index is -0.353. The molecule has 0 bridgehead atoms. The summed E-state index contributed by atoms with van der Waals surface area (Å²) in [6.07, 6.45) is 3.69. The Balaban J connectivity index is 1.79. The molecule has 0 radical (unpaired) electrons. The molecule has 26 heavy (non-hydrogen) atoms. The average Bonchev–Trinajstić information content (AvgIpc) is 2.64. The van der Waals surface area contributed by atoms with Gasteiger partial charge < -0.3 is 14.4 Å². The van der Waals surface area contributed by atoms with Crippen LogP contribution in [0.3, 0.4) is 0 Å². The van der Waals surface area contributed by atoms with Crippen molar-refractivity contribution in [3.05, 3.63) is 64.5 Å². The maximum absolute atomic E-state index is 12.7. The summed E-state index contributed by atoms with van der Waals surface area (Å²) in [4.78, 5) is 13.6. The summed E-state index contributed by atoms with van der Waals surface area (Å²) in [7, 11) is 0. The monoisotopic (exact) mass is 349 g/mol. The third-order valence-electron chi connectivity index (χ3n) is 5.51. The van der Waals surface area contributed by atoms with Crippen molar-refractivity contribution in [1.29, 1.82) is 0 Å². The molecule has 4 rings (SSSR count). The quantitative estimate of drug-likeness (QED) is 0.739. The first-order valence-corrected chi connectivity index (χ1v) is 9.29. The van der Waals surface area contributed by atoms with Gasteiger partial charge >= 0.3 is 5.63 Å². The van der Waals surface area contributed by atoms with Crippen LogP contribution < -0.4 is 15.6 Å². The minimum absolute atomic E-state index is 0.0412. The molecule has 4 nitrogen and oxygen atoms in total. The fourth-order valence-electron chi connectivity index (χ4n) is 4.00. The molecule has 1 N–H and O–H groups in total. The Labute approximate surface area is 152 Å². The van der Waals surface area contributed by atoms with Gasteiger partial charge in [0.25, 0.3) is 0 Å². The second kappa shape index (κ2) is 6.96. The number of benzene rings is 2. The molecule has 2 atom stereocenters. The maximum Gasteiger partial charge on any atom is 0.336 e. The van der Waals surface area contributed by atoms with Crippen molar-refractivity contribution < 1.29 is 14.4 Å². The second-order valence-electron chi connectivity index (χ2n) is 7.28. The lowest BCUT2D eigenvalue weighted by Crippen LogP contribution is -3.14. The van der Waals surface area contributed by atoms with Gasteiger partial charge in [-0.15, -0.1) is 5.75 Å². The molecule has 2 heterocycles. The Morgan fingerprint density at radius 1 is 1.15 bits per heavy atom. The average molecular weight is 349 g/mol. The van der Waals surface area contributed by atoms with Gasteiger partial charge in [0.2, 0.25) is 0 Å². The van der Waals surface area contributed by atoms with Crippen LogP contribution in [0.1, 0.15) is 31.7 Å². The molecular formula is C22H23NO3. The Bertz CT molecular complexity index is 978. The van der Waals surface area contributed by atoms with E-state index in [4.69, 9.17) is 4.42 Å². The highest BCUT2D eigenvalue weighted by molar-refractivity contribution is 5.88. The molecule has 3 aromatic rings. The van der Waals surface area contributed by atoms with E-state index in [1.54, 1.807) is 18.2 Å². The van der Waals surface area contributed by atoms with E-state index in [9.17, 15) is 9.90 Å². The predicted molar refractivity (Wildman–Crippen MR) is 100 cm³/mol. The number of fused-ring (bicyclic) bond motifs is 1. The Hall–Kier alpha value is -2.59. The Morgan fingerprint density at radius 3 is 2.73 bits per heavy atom. The lowest BCUT2D eigenvalue weighted by molar-refractivity contribution is -0.941. The van der Waals surface area contributed by atoms with Crippen LogP contribution in [0.2, 0.25) is 0 Å². The molecule has 1 aliphatic rings. The highest BCUT2D eigenvalue weighted by Gasteiger charge is 2.23. The molecule has 1 fully saturated rings. The van der Waals surface area contributed by atoms with Gasteiger partial charge in [0.1, 0.15) is 12.1 Å². The first-order chi connectivity index (χ1) is 12.6. The number of hydrogen-bond donors (Lipinski definition) is 1. The summed E-state index contributed by atoms with van der Waals surface area (Å²) in [6.45, 7) is 4.12. The Kier molecular flexibility index (Phi) is 4.51. The predicted octanol–water partition coefficient (Wildman–Crippen LogP) is 2.49. The van der Waals surface area contributed by atoms with E-state index in [0.717, 1.165) is 29.6 Å². The summed E-state index contributed by atoms with van der Waals surface area (Å²) in [5.41, 5.74) is 2.46. The molecule has 0 aliphatic carbocycles. The molecule has 1 aromatic heterocycles. The zero-order valence-electron chi connectivity index (χ0n) is 15.0. The van der Waals surface area contributed by atoms with E-state index < -0.39 is 0 Å². The fraction of sp³-hybridized carbons (Fsp3) is 0.318. The van der Waals surface area contributed by atoms with Crippen LogP contribution in [-0.2, 0) is 6.54 Å². The zero-order valence-corrected chi connectivity index (χ0v) is 15.0. The first kappa shape index (κ1) is 16.9. The number of rotatable bonds is 3. The van der Waals surface area contributed by atoms with Crippen LogP contribution in [-0.4, -0.2) is 12.6 Å². The lowest BCUT2D eigenvalue weighted by atomic mass is 9.99. The van der Waals surface area contributed by atoms with Gasteiger partial charge in [-0.3, -0.25) is 0 Å². The van der Waals surface area contributed by atoms with Gasteiger partial charge in [0, 0.05) is 17.0 Å². The van der Waals surface area contributed by atoms with Crippen LogP contribution in [0, 0.1) is 0 Å². The maximum atomic E-state index is 12.7. The van der Waals surface area contributed by atoms with Crippen molar-refractivity contribution in [2.24, 2.45) is 0 Å². The van der Waals surface area contributed by atoms with Gasteiger partial charge in [0.05, 0.1) is 12.6 Å². The third-order valence-corrected chi connectivity index (χ3v) is 5.51.